The van der Waals surface area contributed by atoms with E-state index in [4.69, 9.17) is 18.0 Å². The fourth-order valence-corrected chi connectivity index (χ4v) is 4.93. The van der Waals surface area contributed by atoms with Crippen molar-refractivity contribution in [2.75, 3.05) is 33.0 Å². The van der Waals surface area contributed by atoms with Crippen molar-refractivity contribution >= 4 is 8.80 Å². The van der Waals surface area contributed by atoms with E-state index in [2.05, 4.69) is 13.2 Å². The Labute approximate surface area is 123 Å². The Morgan fingerprint density at radius 1 is 1.25 bits per heavy atom. The molecule has 5 nitrogen and oxygen atoms in total. The third kappa shape index (κ3) is 5.38. The van der Waals surface area contributed by atoms with Crippen LogP contribution in [0.2, 0.25) is 6.04 Å². The summed E-state index contributed by atoms with van der Waals surface area (Å²) in [6.45, 7) is 14.6. The largest absolute Gasteiger partial charge is 0.501 e. The molecule has 0 aromatic rings. The molecule has 1 unspecified atom stereocenters. The first-order valence-corrected chi connectivity index (χ1v) is 9.17. The number of hydrogen-bond donors (Lipinski definition) is 0. The maximum Gasteiger partial charge on any atom is 0.501 e. The Morgan fingerprint density at radius 3 is 2.45 bits per heavy atom. The molecule has 0 radical (unpaired) electrons. The molecule has 1 saturated heterocycles. The first-order valence-electron chi connectivity index (χ1n) is 7.24. The van der Waals surface area contributed by atoms with E-state index in [0.29, 0.717) is 26.4 Å². The maximum absolute atomic E-state index is 6.23. The lowest BCUT2D eigenvalue weighted by Crippen LogP contribution is -2.52. The predicted octanol–water partition coefficient (Wildman–Crippen LogP) is 2.39. The van der Waals surface area contributed by atoms with E-state index in [0.717, 1.165) is 19.1 Å². The van der Waals surface area contributed by atoms with Crippen LogP contribution in [0.1, 0.15) is 20.3 Å². The summed E-state index contributed by atoms with van der Waals surface area (Å²) in [4.78, 5) is 1.88. The van der Waals surface area contributed by atoms with Crippen molar-refractivity contribution in [3.05, 3.63) is 25.6 Å². The molecule has 1 aliphatic heterocycles. The number of hydrogen-bond acceptors (Lipinski definition) is 5. The van der Waals surface area contributed by atoms with Gasteiger partial charge < -0.3 is 22.9 Å². The maximum atomic E-state index is 6.23. The predicted molar refractivity (Wildman–Crippen MR) is 81.2 cm³/mol. The average molecular weight is 301 g/mol. The first kappa shape index (κ1) is 17.4. The van der Waals surface area contributed by atoms with Crippen molar-refractivity contribution in [2.24, 2.45) is 0 Å². The molecule has 6 heteroatoms. The van der Waals surface area contributed by atoms with Crippen molar-refractivity contribution in [1.82, 2.24) is 4.90 Å². The molecule has 116 valence electrons. The molecule has 0 aromatic carbocycles. The Hall–Kier alpha value is -0.663. The Balaban J connectivity index is 2.76. The highest BCUT2D eigenvalue weighted by Crippen LogP contribution is 2.23. The van der Waals surface area contributed by atoms with Gasteiger partial charge in [0.2, 0.25) is 0 Å². The summed E-state index contributed by atoms with van der Waals surface area (Å²) in [5, 5.41) is 0. The van der Waals surface area contributed by atoms with Crippen LogP contribution >= 0.6 is 0 Å². The van der Waals surface area contributed by atoms with Crippen LogP contribution in [0.5, 0.6) is 0 Å². The van der Waals surface area contributed by atoms with Gasteiger partial charge in [-0.1, -0.05) is 13.2 Å². The van der Waals surface area contributed by atoms with Crippen LogP contribution in [0.15, 0.2) is 25.6 Å². The second kappa shape index (κ2) is 9.31. The molecule has 1 rings (SSSR count). The van der Waals surface area contributed by atoms with Crippen LogP contribution in [0.25, 0.3) is 0 Å². The topological polar surface area (TPSA) is 40.2 Å². The van der Waals surface area contributed by atoms with E-state index in [1.54, 1.807) is 12.4 Å². The Kier molecular flexibility index (Phi) is 8.09. The average Bonchev–Trinajstić information content (AvgIpc) is 2.42. The lowest BCUT2D eigenvalue weighted by Gasteiger charge is -2.35. The summed E-state index contributed by atoms with van der Waals surface area (Å²) in [7, 11) is -2.60. The Bertz CT molecular complexity index is 287. The molecule has 0 amide bonds. The van der Waals surface area contributed by atoms with E-state index in [1.807, 2.05) is 18.7 Å². The summed E-state index contributed by atoms with van der Waals surface area (Å²) < 4.78 is 23.6. The highest BCUT2D eigenvalue weighted by atomic mass is 28.4. The minimum Gasteiger partial charge on any atom is -0.379 e. The summed E-state index contributed by atoms with van der Waals surface area (Å²) >= 11 is 0. The molecule has 0 bridgehead atoms. The molecular weight excluding hydrogens is 274 g/mol. The van der Waals surface area contributed by atoms with Crippen LogP contribution in [0.4, 0.5) is 0 Å². The third-order valence-electron chi connectivity index (χ3n) is 3.03. The molecule has 1 heterocycles. The zero-order valence-corrected chi connectivity index (χ0v) is 13.7. The lowest BCUT2D eigenvalue weighted by molar-refractivity contribution is -0.0295. The summed E-state index contributed by atoms with van der Waals surface area (Å²) in [6.07, 6.45) is 4.25. The zero-order chi connectivity index (χ0) is 14.8. The van der Waals surface area contributed by atoms with E-state index in [-0.39, 0.29) is 6.10 Å². The summed E-state index contributed by atoms with van der Waals surface area (Å²) in [5.41, 5.74) is 0. The van der Waals surface area contributed by atoms with Crippen molar-refractivity contribution in [1.29, 1.82) is 0 Å². The Morgan fingerprint density at radius 2 is 1.90 bits per heavy atom. The molecule has 1 atom stereocenters. The summed E-state index contributed by atoms with van der Waals surface area (Å²) in [5.74, 6) is 0. The minimum atomic E-state index is -2.60. The molecule has 0 aromatic heterocycles. The van der Waals surface area contributed by atoms with Gasteiger partial charge in [0.15, 0.2) is 0 Å². The monoisotopic (exact) mass is 301 g/mol. The molecular formula is C14H27NO4Si. The normalized spacial score (nSPS) is 22.6. The summed E-state index contributed by atoms with van der Waals surface area (Å²) in [6, 6.07) is 0.799. The van der Waals surface area contributed by atoms with Crippen molar-refractivity contribution < 1.29 is 18.0 Å². The number of rotatable bonds is 8. The quantitative estimate of drug-likeness (QED) is 0.644. The number of ether oxygens (including phenoxy) is 1. The minimum absolute atomic E-state index is 0.101. The molecule has 0 saturated carbocycles. The highest BCUT2D eigenvalue weighted by Gasteiger charge is 2.43. The fraction of sp³-hybridized carbons (Fsp3) is 0.714. The van der Waals surface area contributed by atoms with Gasteiger partial charge in [0, 0.05) is 32.4 Å². The van der Waals surface area contributed by atoms with E-state index in [9.17, 15) is 0 Å². The van der Waals surface area contributed by atoms with Gasteiger partial charge in [-0.15, -0.1) is 0 Å². The molecule has 0 aliphatic carbocycles. The number of nitrogens with zero attached hydrogens (tertiary/aromatic N) is 1. The van der Waals surface area contributed by atoms with Gasteiger partial charge in [0.25, 0.3) is 0 Å². The smallest absolute Gasteiger partial charge is 0.379 e. The van der Waals surface area contributed by atoms with Gasteiger partial charge in [0.05, 0.1) is 12.7 Å². The molecule has 0 spiro atoms. The van der Waals surface area contributed by atoms with E-state index < -0.39 is 8.80 Å². The van der Waals surface area contributed by atoms with Crippen LogP contribution < -0.4 is 0 Å². The second-order valence-corrected chi connectivity index (χ2v) is 7.21. The molecule has 20 heavy (non-hydrogen) atoms. The first-order chi connectivity index (χ1) is 9.69. The fourth-order valence-electron chi connectivity index (χ4n) is 2.19. The molecule has 1 fully saturated rings. The third-order valence-corrected chi connectivity index (χ3v) is 6.15. The standard InChI is InChI=1S/C14H27NO4Si/c1-5-15(6-2)12-14-13-16-10-9-11-20(19-14,17-7-3)18-8-4/h5-6,14H,1-2,7-13H2,3-4H3. The van der Waals surface area contributed by atoms with Crippen LogP contribution in [0, 0.1) is 0 Å². The van der Waals surface area contributed by atoms with Gasteiger partial charge in [0.1, 0.15) is 0 Å². The molecule has 0 N–H and O–H groups in total. The van der Waals surface area contributed by atoms with Gasteiger partial charge in [-0.2, -0.15) is 0 Å². The van der Waals surface area contributed by atoms with E-state index >= 15 is 0 Å². The van der Waals surface area contributed by atoms with Crippen molar-refractivity contribution in [2.45, 2.75) is 32.4 Å². The van der Waals surface area contributed by atoms with E-state index in [1.165, 1.54) is 0 Å². The second-order valence-electron chi connectivity index (χ2n) is 4.53. The lowest BCUT2D eigenvalue weighted by atomic mass is 10.3. The van der Waals surface area contributed by atoms with Gasteiger partial charge in [-0.05, 0) is 32.7 Å². The zero-order valence-electron chi connectivity index (χ0n) is 12.7. The van der Waals surface area contributed by atoms with Crippen molar-refractivity contribution in [3.63, 3.8) is 0 Å². The van der Waals surface area contributed by atoms with Crippen LogP contribution in [-0.4, -0.2) is 52.8 Å². The molecule has 1 aliphatic rings. The van der Waals surface area contributed by atoms with Crippen molar-refractivity contribution in [3.8, 4) is 0 Å². The van der Waals surface area contributed by atoms with Gasteiger partial charge in [-0.3, -0.25) is 0 Å². The van der Waals surface area contributed by atoms with Crippen LogP contribution in [-0.2, 0) is 18.0 Å². The highest BCUT2D eigenvalue weighted by molar-refractivity contribution is 6.60. The van der Waals surface area contributed by atoms with Gasteiger partial charge >= 0.3 is 8.80 Å². The van der Waals surface area contributed by atoms with Gasteiger partial charge in [-0.25, -0.2) is 0 Å². The SMILES string of the molecule is C=CN(C=C)CC1COCCC[Si](OCC)(OCC)O1. The van der Waals surface area contributed by atoms with Crippen LogP contribution in [0.3, 0.4) is 0 Å².